The third-order valence-electron chi connectivity index (χ3n) is 3.72. The SMILES string of the molecule is CCn1c(C)cc(CNC(C)(C)CC(C)(C)C)c1C. The Morgan fingerprint density at radius 3 is 2.11 bits per heavy atom. The summed E-state index contributed by atoms with van der Waals surface area (Å²) in [6.07, 6.45) is 1.17. The van der Waals surface area contributed by atoms with Gasteiger partial charge in [-0.05, 0) is 58.1 Å². The number of hydrogen-bond acceptors (Lipinski definition) is 1. The van der Waals surface area contributed by atoms with Crippen LogP contribution in [0.4, 0.5) is 0 Å². The highest BCUT2D eigenvalue weighted by Crippen LogP contribution is 2.27. The van der Waals surface area contributed by atoms with E-state index in [1.54, 1.807) is 0 Å². The van der Waals surface area contributed by atoms with Crippen LogP contribution in [0.2, 0.25) is 0 Å². The molecule has 2 nitrogen and oxygen atoms in total. The van der Waals surface area contributed by atoms with Crippen molar-refractivity contribution in [3.05, 3.63) is 23.0 Å². The normalized spacial score (nSPS) is 13.1. The van der Waals surface area contributed by atoms with Gasteiger partial charge in [-0.15, -0.1) is 0 Å². The fourth-order valence-corrected chi connectivity index (χ4v) is 3.26. The van der Waals surface area contributed by atoms with Gasteiger partial charge in [-0.25, -0.2) is 0 Å². The number of aryl methyl sites for hydroxylation is 1. The molecule has 1 N–H and O–H groups in total. The van der Waals surface area contributed by atoms with Crippen molar-refractivity contribution in [1.82, 2.24) is 9.88 Å². The first-order chi connectivity index (χ1) is 8.56. The minimum atomic E-state index is 0.174. The Balaban J connectivity index is 2.72. The number of rotatable bonds is 5. The molecule has 0 aliphatic rings. The molecule has 2 heteroatoms. The fourth-order valence-electron chi connectivity index (χ4n) is 3.26. The summed E-state index contributed by atoms with van der Waals surface area (Å²) in [6, 6.07) is 2.32. The van der Waals surface area contributed by atoms with Gasteiger partial charge in [0.1, 0.15) is 0 Å². The van der Waals surface area contributed by atoms with Gasteiger partial charge in [0, 0.05) is 30.0 Å². The van der Waals surface area contributed by atoms with Crippen molar-refractivity contribution in [3.8, 4) is 0 Å². The first kappa shape index (κ1) is 16.3. The Morgan fingerprint density at radius 1 is 1.11 bits per heavy atom. The van der Waals surface area contributed by atoms with Crippen molar-refractivity contribution in [2.75, 3.05) is 0 Å². The second-order valence-corrected chi connectivity index (χ2v) is 7.62. The Hall–Kier alpha value is -0.760. The smallest absolute Gasteiger partial charge is 0.0228 e. The highest BCUT2D eigenvalue weighted by atomic mass is 15.0. The van der Waals surface area contributed by atoms with Gasteiger partial charge >= 0.3 is 0 Å². The van der Waals surface area contributed by atoms with Crippen molar-refractivity contribution in [3.63, 3.8) is 0 Å². The standard InChI is InChI=1S/C17H32N2/c1-9-19-13(2)10-15(14(19)3)11-18-17(7,8)12-16(4,5)6/h10,18H,9,11-12H2,1-8H3. The van der Waals surface area contributed by atoms with Crippen molar-refractivity contribution >= 4 is 0 Å². The molecule has 1 aromatic rings. The summed E-state index contributed by atoms with van der Waals surface area (Å²) in [7, 11) is 0. The van der Waals surface area contributed by atoms with E-state index in [0.29, 0.717) is 5.41 Å². The van der Waals surface area contributed by atoms with E-state index in [0.717, 1.165) is 13.1 Å². The van der Waals surface area contributed by atoms with Crippen molar-refractivity contribution in [1.29, 1.82) is 0 Å². The van der Waals surface area contributed by atoms with Crippen LogP contribution in [0, 0.1) is 19.3 Å². The number of nitrogens with zero attached hydrogens (tertiary/aromatic N) is 1. The lowest BCUT2D eigenvalue weighted by atomic mass is 9.82. The molecule has 110 valence electrons. The van der Waals surface area contributed by atoms with E-state index >= 15 is 0 Å². The number of aromatic nitrogens is 1. The molecule has 0 spiro atoms. The zero-order valence-electron chi connectivity index (χ0n) is 14.1. The summed E-state index contributed by atoms with van der Waals surface area (Å²) in [5.41, 5.74) is 4.73. The van der Waals surface area contributed by atoms with Gasteiger partial charge in [0.05, 0.1) is 0 Å². The van der Waals surface area contributed by atoms with E-state index in [4.69, 9.17) is 0 Å². The first-order valence-electron chi connectivity index (χ1n) is 7.46. The maximum Gasteiger partial charge on any atom is 0.0228 e. The molecule has 0 unspecified atom stereocenters. The van der Waals surface area contributed by atoms with Crippen LogP contribution in [0.5, 0.6) is 0 Å². The summed E-state index contributed by atoms with van der Waals surface area (Å²) < 4.78 is 2.38. The molecule has 1 aromatic heterocycles. The van der Waals surface area contributed by atoms with Crippen LogP contribution < -0.4 is 5.32 Å². The zero-order valence-corrected chi connectivity index (χ0v) is 14.1. The average Bonchev–Trinajstić information content (AvgIpc) is 2.47. The first-order valence-corrected chi connectivity index (χ1v) is 7.46. The third-order valence-corrected chi connectivity index (χ3v) is 3.72. The van der Waals surface area contributed by atoms with E-state index < -0.39 is 0 Å². The maximum atomic E-state index is 3.72. The summed E-state index contributed by atoms with van der Waals surface area (Å²) in [6.45, 7) is 20.2. The Labute approximate surface area is 119 Å². The molecule has 0 amide bonds. The molecule has 1 rings (SSSR count). The summed E-state index contributed by atoms with van der Waals surface area (Å²) >= 11 is 0. The van der Waals surface area contributed by atoms with E-state index in [-0.39, 0.29) is 5.54 Å². The highest BCUT2D eigenvalue weighted by Gasteiger charge is 2.25. The molecule has 0 fully saturated rings. The van der Waals surface area contributed by atoms with Crippen LogP contribution in [0.25, 0.3) is 0 Å². The van der Waals surface area contributed by atoms with Crippen LogP contribution >= 0.6 is 0 Å². The largest absolute Gasteiger partial charge is 0.349 e. The second kappa shape index (κ2) is 5.70. The van der Waals surface area contributed by atoms with Gasteiger partial charge in [0.2, 0.25) is 0 Å². The van der Waals surface area contributed by atoms with Crippen LogP contribution in [0.1, 0.15) is 64.9 Å². The van der Waals surface area contributed by atoms with Gasteiger partial charge in [-0.3, -0.25) is 0 Å². The minimum Gasteiger partial charge on any atom is -0.349 e. The maximum absolute atomic E-state index is 3.72. The van der Waals surface area contributed by atoms with Gasteiger partial charge < -0.3 is 9.88 Å². The summed E-state index contributed by atoms with van der Waals surface area (Å²) in [5.74, 6) is 0. The third kappa shape index (κ3) is 4.68. The average molecular weight is 264 g/mol. The number of hydrogen-bond donors (Lipinski definition) is 1. The van der Waals surface area contributed by atoms with Gasteiger partial charge in [0.25, 0.3) is 0 Å². The summed E-state index contributed by atoms with van der Waals surface area (Å²) in [4.78, 5) is 0. The van der Waals surface area contributed by atoms with E-state index in [9.17, 15) is 0 Å². The predicted octanol–water partition coefficient (Wildman–Crippen LogP) is 4.43. The van der Waals surface area contributed by atoms with E-state index in [2.05, 4.69) is 71.3 Å². The lowest BCUT2D eigenvalue weighted by Gasteiger charge is -2.33. The topological polar surface area (TPSA) is 17.0 Å². The molecule has 0 radical (unpaired) electrons. The molecule has 0 bridgehead atoms. The van der Waals surface area contributed by atoms with Crippen molar-refractivity contribution in [2.24, 2.45) is 5.41 Å². The molecule has 0 aliphatic heterocycles. The molecule has 19 heavy (non-hydrogen) atoms. The molecule has 1 heterocycles. The lowest BCUT2D eigenvalue weighted by Crippen LogP contribution is -2.41. The molecular formula is C17H32N2. The Bertz CT molecular complexity index is 419. The zero-order chi connectivity index (χ0) is 14.8. The monoisotopic (exact) mass is 264 g/mol. The summed E-state index contributed by atoms with van der Waals surface area (Å²) in [5, 5.41) is 3.72. The highest BCUT2D eigenvalue weighted by molar-refractivity contribution is 5.26. The molecule has 0 saturated carbocycles. The molecule has 0 aromatic carbocycles. The van der Waals surface area contributed by atoms with Crippen LogP contribution in [0.3, 0.4) is 0 Å². The lowest BCUT2D eigenvalue weighted by molar-refractivity contribution is 0.240. The Kier molecular flexibility index (Phi) is 4.89. The van der Waals surface area contributed by atoms with Crippen LogP contribution in [0.15, 0.2) is 6.07 Å². The van der Waals surface area contributed by atoms with Gasteiger partial charge in [-0.2, -0.15) is 0 Å². The van der Waals surface area contributed by atoms with Crippen molar-refractivity contribution < 1.29 is 0 Å². The molecule has 0 saturated heterocycles. The minimum absolute atomic E-state index is 0.174. The number of nitrogens with one attached hydrogen (secondary N) is 1. The van der Waals surface area contributed by atoms with Crippen LogP contribution in [-0.2, 0) is 13.1 Å². The molecule has 0 atom stereocenters. The van der Waals surface area contributed by atoms with Crippen LogP contribution in [-0.4, -0.2) is 10.1 Å². The fraction of sp³-hybridized carbons (Fsp3) is 0.765. The van der Waals surface area contributed by atoms with Gasteiger partial charge in [0.15, 0.2) is 0 Å². The Morgan fingerprint density at radius 2 is 1.68 bits per heavy atom. The second-order valence-electron chi connectivity index (χ2n) is 7.62. The molecular weight excluding hydrogens is 232 g/mol. The molecule has 0 aliphatic carbocycles. The van der Waals surface area contributed by atoms with E-state index in [1.165, 1.54) is 23.4 Å². The van der Waals surface area contributed by atoms with E-state index in [1.807, 2.05) is 0 Å². The predicted molar refractivity (Wildman–Crippen MR) is 84.6 cm³/mol. The van der Waals surface area contributed by atoms with Crippen molar-refractivity contribution in [2.45, 2.75) is 80.4 Å². The quantitative estimate of drug-likeness (QED) is 0.832. The van der Waals surface area contributed by atoms with Gasteiger partial charge in [-0.1, -0.05) is 20.8 Å².